The van der Waals surface area contributed by atoms with E-state index in [2.05, 4.69) is 15.8 Å². The highest BCUT2D eigenvalue weighted by molar-refractivity contribution is 6.30. The van der Waals surface area contributed by atoms with Gasteiger partial charge < -0.3 is 10.1 Å². The van der Waals surface area contributed by atoms with E-state index in [0.717, 1.165) is 5.56 Å². The number of nitrogens with one attached hydrogen (secondary N) is 2. The van der Waals surface area contributed by atoms with Gasteiger partial charge in [-0.25, -0.2) is 5.43 Å². The van der Waals surface area contributed by atoms with Crippen molar-refractivity contribution in [3.05, 3.63) is 65.2 Å². The summed E-state index contributed by atoms with van der Waals surface area (Å²) in [7, 11) is 0. The highest BCUT2D eigenvalue weighted by atomic mass is 35.5. The molecule has 0 aliphatic heterocycles. The molecule has 0 aromatic heterocycles. The summed E-state index contributed by atoms with van der Waals surface area (Å²) in [5, 5.41) is 7.07. The number of nitrogens with zero attached hydrogens (tertiary/aromatic N) is 1. The van der Waals surface area contributed by atoms with Gasteiger partial charge in [-0.15, -0.1) is 0 Å². The lowest BCUT2D eigenvalue weighted by atomic mass is 10.1. The van der Waals surface area contributed by atoms with E-state index in [1.54, 1.807) is 43.3 Å². The van der Waals surface area contributed by atoms with Crippen molar-refractivity contribution in [3.8, 4) is 5.75 Å². The van der Waals surface area contributed by atoms with Gasteiger partial charge in [0.2, 0.25) is 0 Å². The van der Waals surface area contributed by atoms with Gasteiger partial charge in [-0.05, 0) is 36.8 Å². The van der Waals surface area contributed by atoms with Crippen LogP contribution in [0.25, 0.3) is 0 Å². The lowest BCUT2D eigenvalue weighted by Gasteiger charge is -2.07. The smallest absolute Gasteiger partial charge is 0.259 e. The van der Waals surface area contributed by atoms with Crippen LogP contribution in [-0.4, -0.2) is 30.7 Å². The molecule has 25 heavy (non-hydrogen) atoms. The van der Waals surface area contributed by atoms with Gasteiger partial charge in [0.15, 0.2) is 6.61 Å². The average Bonchev–Trinajstić information content (AvgIpc) is 2.64. The van der Waals surface area contributed by atoms with Crippen molar-refractivity contribution in [2.75, 3.05) is 13.2 Å². The third-order valence-electron chi connectivity index (χ3n) is 3.17. The minimum absolute atomic E-state index is 0.162. The fraction of sp³-hybridized carbons (Fsp3) is 0.167. The number of halogens is 1. The summed E-state index contributed by atoms with van der Waals surface area (Å²) in [6.45, 7) is 1.41. The van der Waals surface area contributed by atoms with Crippen molar-refractivity contribution in [3.63, 3.8) is 0 Å². The Morgan fingerprint density at radius 1 is 1.04 bits per heavy atom. The molecule has 0 saturated heterocycles. The Kier molecular flexibility index (Phi) is 6.98. The Bertz CT molecular complexity index is 746. The van der Waals surface area contributed by atoms with Gasteiger partial charge in [0.1, 0.15) is 5.75 Å². The molecule has 0 unspecified atom stereocenters. The SMILES string of the molecule is C/C(=N/NC(=O)CNC(=O)COc1ccccc1)c1ccc(Cl)cc1. The van der Waals surface area contributed by atoms with Crippen molar-refractivity contribution in [1.29, 1.82) is 0 Å². The third-order valence-corrected chi connectivity index (χ3v) is 3.42. The number of hydrogen-bond acceptors (Lipinski definition) is 4. The Morgan fingerprint density at radius 3 is 2.40 bits per heavy atom. The van der Waals surface area contributed by atoms with E-state index in [1.165, 1.54) is 0 Å². The Hall–Kier alpha value is -2.86. The number of carbonyl (C=O) groups is 2. The summed E-state index contributed by atoms with van der Waals surface area (Å²) in [6.07, 6.45) is 0. The van der Waals surface area contributed by atoms with Gasteiger partial charge in [-0.2, -0.15) is 5.10 Å². The lowest BCUT2D eigenvalue weighted by Crippen LogP contribution is -2.37. The average molecular weight is 360 g/mol. The quantitative estimate of drug-likeness (QED) is 0.588. The zero-order chi connectivity index (χ0) is 18.1. The molecule has 2 aromatic carbocycles. The molecular weight excluding hydrogens is 342 g/mol. The Balaban J connectivity index is 1.71. The predicted molar refractivity (Wildman–Crippen MR) is 96.8 cm³/mol. The first kappa shape index (κ1) is 18.5. The summed E-state index contributed by atoms with van der Waals surface area (Å²) in [5.41, 5.74) is 3.85. The molecule has 130 valence electrons. The van der Waals surface area contributed by atoms with Gasteiger partial charge in [0.05, 0.1) is 12.3 Å². The molecule has 0 aliphatic carbocycles. The molecular formula is C18H18ClN3O3. The molecule has 0 heterocycles. The van der Waals surface area contributed by atoms with Crippen molar-refractivity contribution in [2.45, 2.75) is 6.92 Å². The molecule has 0 saturated carbocycles. The first-order chi connectivity index (χ1) is 12.0. The topological polar surface area (TPSA) is 79.8 Å². The second kappa shape index (κ2) is 9.44. The fourth-order valence-electron chi connectivity index (χ4n) is 1.84. The van der Waals surface area contributed by atoms with E-state index in [1.807, 2.05) is 18.2 Å². The summed E-state index contributed by atoms with van der Waals surface area (Å²) in [6, 6.07) is 16.0. The Morgan fingerprint density at radius 2 is 1.72 bits per heavy atom. The zero-order valence-electron chi connectivity index (χ0n) is 13.7. The predicted octanol–water partition coefficient (Wildman–Crippen LogP) is 2.38. The van der Waals surface area contributed by atoms with Crippen molar-refractivity contribution < 1.29 is 14.3 Å². The maximum atomic E-state index is 11.7. The molecule has 0 atom stereocenters. The van der Waals surface area contributed by atoms with Crippen LogP contribution in [0.1, 0.15) is 12.5 Å². The van der Waals surface area contributed by atoms with Crippen LogP contribution >= 0.6 is 11.6 Å². The summed E-state index contributed by atoms with van der Waals surface area (Å²) >= 11 is 5.82. The molecule has 0 aliphatic rings. The lowest BCUT2D eigenvalue weighted by molar-refractivity contribution is -0.127. The number of carbonyl (C=O) groups excluding carboxylic acids is 2. The number of rotatable bonds is 7. The maximum absolute atomic E-state index is 11.7. The van der Waals surface area contributed by atoms with Crippen LogP contribution in [0.3, 0.4) is 0 Å². The molecule has 0 bridgehead atoms. The summed E-state index contributed by atoms with van der Waals surface area (Å²) in [4.78, 5) is 23.4. The molecule has 0 spiro atoms. The zero-order valence-corrected chi connectivity index (χ0v) is 14.4. The summed E-state index contributed by atoms with van der Waals surface area (Å²) < 4.78 is 5.28. The van der Waals surface area contributed by atoms with Gasteiger partial charge >= 0.3 is 0 Å². The van der Waals surface area contributed by atoms with Gasteiger partial charge in [-0.3, -0.25) is 9.59 Å². The second-order valence-corrected chi connectivity index (χ2v) is 5.55. The minimum Gasteiger partial charge on any atom is -0.484 e. The number of amides is 2. The number of hydrazone groups is 1. The first-order valence-corrected chi connectivity index (χ1v) is 7.96. The second-order valence-electron chi connectivity index (χ2n) is 5.12. The van der Waals surface area contributed by atoms with E-state index in [4.69, 9.17) is 16.3 Å². The van der Waals surface area contributed by atoms with Crippen molar-refractivity contribution in [1.82, 2.24) is 10.7 Å². The van der Waals surface area contributed by atoms with E-state index in [9.17, 15) is 9.59 Å². The van der Waals surface area contributed by atoms with Crippen LogP contribution in [0.4, 0.5) is 0 Å². The third kappa shape index (κ3) is 6.64. The molecule has 2 amide bonds. The fourth-order valence-corrected chi connectivity index (χ4v) is 1.96. The minimum atomic E-state index is -0.429. The molecule has 0 radical (unpaired) electrons. The van der Waals surface area contributed by atoms with Crippen LogP contribution in [-0.2, 0) is 9.59 Å². The number of para-hydroxylation sites is 1. The van der Waals surface area contributed by atoms with E-state index in [-0.39, 0.29) is 13.2 Å². The van der Waals surface area contributed by atoms with Crippen LogP contribution in [0.15, 0.2) is 59.7 Å². The Labute approximate surface area is 150 Å². The molecule has 0 fully saturated rings. The highest BCUT2D eigenvalue weighted by Gasteiger charge is 2.06. The molecule has 2 N–H and O–H groups in total. The van der Waals surface area contributed by atoms with Gasteiger partial charge in [0.25, 0.3) is 11.8 Å². The van der Waals surface area contributed by atoms with E-state index >= 15 is 0 Å². The van der Waals surface area contributed by atoms with E-state index < -0.39 is 11.8 Å². The standard InChI is InChI=1S/C18H18ClN3O3/c1-13(14-7-9-15(19)10-8-14)21-22-17(23)11-20-18(24)12-25-16-5-3-2-4-6-16/h2-10H,11-12H2,1H3,(H,20,24)(H,22,23)/b21-13-. The van der Waals surface area contributed by atoms with Crippen LogP contribution < -0.4 is 15.5 Å². The van der Waals surface area contributed by atoms with Crippen LogP contribution in [0.2, 0.25) is 5.02 Å². The van der Waals surface area contributed by atoms with Crippen molar-refractivity contribution >= 4 is 29.1 Å². The molecule has 2 rings (SSSR count). The normalized spacial score (nSPS) is 10.9. The maximum Gasteiger partial charge on any atom is 0.259 e. The number of benzene rings is 2. The number of hydrogen-bond donors (Lipinski definition) is 2. The molecule has 2 aromatic rings. The largest absolute Gasteiger partial charge is 0.484 e. The first-order valence-electron chi connectivity index (χ1n) is 7.58. The summed E-state index contributed by atoms with van der Waals surface area (Å²) in [5.74, 6) is -0.232. The monoisotopic (exact) mass is 359 g/mol. The van der Waals surface area contributed by atoms with Crippen LogP contribution in [0.5, 0.6) is 5.75 Å². The van der Waals surface area contributed by atoms with Crippen LogP contribution in [0, 0.1) is 0 Å². The van der Waals surface area contributed by atoms with Gasteiger partial charge in [0, 0.05) is 5.02 Å². The number of ether oxygens (including phenoxy) is 1. The molecule has 7 heteroatoms. The van der Waals surface area contributed by atoms with Gasteiger partial charge in [-0.1, -0.05) is 41.9 Å². The van der Waals surface area contributed by atoms with Crippen molar-refractivity contribution in [2.24, 2.45) is 5.10 Å². The highest BCUT2D eigenvalue weighted by Crippen LogP contribution is 2.10. The molecule has 6 nitrogen and oxygen atoms in total. The van der Waals surface area contributed by atoms with E-state index in [0.29, 0.717) is 16.5 Å².